The molecule has 0 aromatic heterocycles. The Labute approximate surface area is 100 Å². The lowest BCUT2D eigenvalue weighted by molar-refractivity contribution is 0.445. The van der Waals surface area contributed by atoms with Crippen LogP contribution in [0, 0.1) is 5.92 Å². The Hall–Kier alpha value is -0.310. The lowest BCUT2D eigenvalue weighted by Gasteiger charge is -2.17. The van der Waals surface area contributed by atoms with Gasteiger partial charge < -0.3 is 10.6 Å². The maximum Gasteiger partial charge on any atom is 0.166 e. The normalized spacial score (nSPS) is 12.2. The van der Waals surface area contributed by atoms with Crippen LogP contribution in [0.5, 0.6) is 0 Å². The Balaban J connectivity index is 3.55. The van der Waals surface area contributed by atoms with E-state index in [0.717, 1.165) is 30.5 Å². The Morgan fingerprint density at radius 2 is 1.87 bits per heavy atom. The maximum absolute atomic E-state index is 5.18. The van der Waals surface area contributed by atoms with E-state index < -0.39 is 0 Å². The molecule has 0 aliphatic rings. The van der Waals surface area contributed by atoms with Crippen molar-refractivity contribution in [2.45, 2.75) is 52.9 Å². The van der Waals surface area contributed by atoms with E-state index in [-0.39, 0.29) is 0 Å². The second-order valence-electron chi connectivity index (χ2n) is 4.05. The highest BCUT2D eigenvalue weighted by molar-refractivity contribution is 7.80. The van der Waals surface area contributed by atoms with Gasteiger partial charge in [0.2, 0.25) is 0 Å². The predicted molar refractivity (Wildman–Crippen MR) is 72.2 cm³/mol. The molecule has 0 bridgehead atoms. The van der Waals surface area contributed by atoms with Gasteiger partial charge in [-0.25, -0.2) is 0 Å². The molecule has 0 fully saturated rings. The largest absolute Gasteiger partial charge is 0.363 e. The van der Waals surface area contributed by atoms with Gasteiger partial charge in [-0.05, 0) is 31.0 Å². The number of nitrogens with one attached hydrogen (secondary N) is 2. The fourth-order valence-electron chi connectivity index (χ4n) is 1.48. The van der Waals surface area contributed by atoms with Crippen molar-refractivity contribution in [2.24, 2.45) is 5.92 Å². The molecule has 0 aromatic rings. The van der Waals surface area contributed by atoms with Crippen LogP contribution in [0.4, 0.5) is 0 Å². The smallest absolute Gasteiger partial charge is 0.166 e. The van der Waals surface area contributed by atoms with Crippen molar-refractivity contribution in [3.63, 3.8) is 0 Å². The zero-order chi connectivity index (χ0) is 11.5. The van der Waals surface area contributed by atoms with Crippen LogP contribution >= 0.6 is 12.2 Å². The highest BCUT2D eigenvalue weighted by Crippen LogP contribution is 2.10. The molecule has 90 valence electrons. The standard InChI is InChI=1S/C12H26N2S/c1-4-7-8-11(6-3)10-14-12(15)13-9-5-2/h11H,4-10H2,1-3H3,(H2,13,14,15). The first kappa shape index (κ1) is 14.7. The van der Waals surface area contributed by atoms with Crippen molar-refractivity contribution in [3.05, 3.63) is 0 Å². The van der Waals surface area contributed by atoms with Crippen LogP contribution < -0.4 is 10.6 Å². The number of unbranched alkanes of at least 4 members (excludes halogenated alkanes) is 1. The van der Waals surface area contributed by atoms with Gasteiger partial charge in [-0.1, -0.05) is 40.0 Å². The molecule has 1 atom stereocenters. The summed E-state index contributed by atoms with van der Waals surface area (Å²) >= 11 is 5.18. The zero-order valence-electron chi connectivity index (χ0n) is 10.4. The maximum atomic E-state index is 5.18. The van der Waals surface area contributed by atoms with E-state index in [2.05, 4.69) is 31.4 Å². The summed E-state index contributed by atoms with van der Waals surface area (Å²) in [7, 11) is 0. The Morgan fingerprint density at radius 3 is 2.40 bits per heavy atom. The number of rotatable bonds is 8. The molecule has 0 heterocycles. The van der Waals surface area contributed by atoms with E-state index in [0.29, 0.717) is 0 Å². The van der Waals surface area contributed by atoms with Crippen LogP contribution in [0.25, 0.3) is 0 Å². The first-order chi connectivity index (χ1) is 7.24. The van der Waals surface area contributed by atoms with E-state index in [9.17, 15) is 0 Å². The molecule has 0 saturated carbocycles. The predicted octanol–water partition coefficient (Wildman–Crippen LogP) is 3.08. The van der Waals surface area contributed by atoms with Gasteiger partial charge >= 0.3 is 0 Å². The van der Waals surface area contributed by atoms with Crippen molar-refractivity contribution in [1.82, 2.24) is 10.6 Å². The summed E-state index contributed by atoms with van der Waals surface area (Å²) in [4.78, 5) is 0. The van der Waals surface area contributed by atoms with E-state index in [1.807, 2.05) is 0 Å². The first-order valence-electron chi connectivity index (χ1n) is 6.26. The number of hydrogen-bond donors (Lipinski definition) is 2. The van der Waals surface area contributed by atoms with Crippen molar-refractivity contribution in [1.29, 1.82) is 0 Å². The highest BCUT2D eigenvalue weighted by Gasteiger charge is 2.05. The van der Waals surface area contributed by atoms with Crippen molar-refractivity contribution >= 4 is 17.3 Å². The summed E-state index contributed by atoms with van der Waals surface area (Å²) in [5.74, 6) is 0.770. The minimum absolute atomic E-state index is 0.770. The third-order valence-electron chi connectivity index (χ3n) is 2.63. The summed E-state index contributed by atoms with van der Waals surface area (Å²) in [5.41, 5.74) is 0. The summed E-state index contributed by atoms with van der Waals surface area (Å²) in [6, 6.07) is 0. The third-order valence-corrected chi connectivity index (χ3v) is 2.92. The van der Waals surface area contributed by atoms with E-state index >= 15 is 0 Å². The van der Waals surface area contributed by atoms with Crippen molar-refractivity contribution < 1.29 is 0 Å². The number of thiocarbonyl (C=S) groups is 1. The van der Waals surface area contributed by atoms with Crippen molar-refractivity contribution in [3.8, 4) is 0 Å². The van der Waals surface area contributed by atoms with E-state index in [4.69, 9.17) is 12.2 Å². The molecule has 0 radical (unpaired) electrons. The summed E-state index contributed by atoms with van der Waals surface area (Å²) in [5, 5.41) is 7.30. The topological polar surface area (TPSA) is 24.1 Å². The molecule has 2 N–H and O–H groups in total. The minimum atomic E-state index is 0.770. The van der Waals surface area contributed by atoms with Gasteiger partial charge in [0, 0.05) is 13.1 Å². The quantitative estimate of drug-likeness (QED) is 0.627. The van der Waals surface area contributed by atoms with Crippen LogP contribution in [-0.4, -0.2) is 18.2 Å². The molecule has 0 rings (SSSR count). The SMILES string of the molecule is CCCCC(CC)CNC(=S)NCCC. The van der Waals surface area contributed by atoms with E-state index in [1.54, 1.807) is 0 Å². The molecular weight excluding hydrogens is 204 g/mol. The van der Waals surface area contributed by atoms with Crippen LogP contribution in [0.1, 0.15) is 52.9 Å². The van der Waals surface area contributed by atoms with Gasteiger partial charge in [0.1, 0.15) is 0 Å². The van der Waals surface area contributed by atoms with Crippen LogP contribution in [-0.2, 0) is 0 Å². The summed E-state index contributed by atoms with van der Waals surface area (Å²) < 4.78 is 0. The average Bonchev–Trinajstić information content (AvgIpc) is 2.26. The van der Waals surface area contributed by atoms with Crippen LogP contribution in [0.3, 0.4) is 0 Å². The van der Waals surface area contributed by atoms with Gasteiger partial charge in [-0.15, -0.1) is 0 Å². The second kappa shape index (κ2) is 10.2. The third kappa shape index (κ3) is 8.67. The molecule has 1 unspecified atom stereocenters. The Morgan fingerprint density at radius 1 is 1.13 bits per heavy atom. The van der Waals surface area contributed by atoms with Gasteiger partial charge in [0.25, 0.3) is 0 Å². The Kier molecular flexibility index (Phi) is 10.0. The molecular formula is C12H26N2S. The molecule has 3 heteroatoms. The van der Waals surface area contributed by atoms with Gasteiger partial charge in [-0.2, -0.15) is 0 Å². The highest BCUT2D eigenvalue weighted by atomic mass is 32.1. The fourth-order valence-corrected chi connectivity index (χ4v) is 1.67. The second-order valence-corrected chi connectivity index (χ2v) is 4.46. The molecule has 2 nitrogen and oxygen atoms in total. The van der Waals surface area contributed by atoms with Gasteiger partial charge in [0.15, 0.2) is 5.11 Å². The fraction of sp³-hybridized carbons (Fsp3) is 0.917. The van der Waals surface area contributed by atoms with E-state index in [1.165, 1.54) is 25.7 Å². The van der Waals surface area contributed by atoms with Crippen LogP contribution in [0.2, 0.25) is 0 Å². The molecule has 0 aliphatic carbocycles. The molecule has 0 saturated heterocycles. The first-order valence-corrected chi connectivity index (χ1v) is 6.67. The molecule has 0 spiro atoms. The molecule has 0 aromatic carbocycles. The van der Waals surface area contributed by atoms with Gasteiger partial charge in [0.05, 0.1) is 0 Å². The zero-order valence-corrected chi connectivity index (χ0v) is 11.3. The molecule has 0 amide bonds. The molecule has 0 aliphatic heterocycles. The van der Waals surface area contributed by atoms with Gasteiger partial charge in [-0.3, -0.25) is 0 Å². The molecule has 15 heavy (non-hydrogen) atoms. The summed E-state index contributed by atoms with van der Waals surface area (Å²) in [6.45, 7) is 8.63. The Bertz CT molecular complexity index is 160. The lowest BCUT2D eigenvalue weighted by Crippen LogP contribution is -2.38. The average molecular weight is 230 g/mol. The van der Waals surface area contributed by atoms with Crippen molar-refractivity contribution in [2.75, 3.05) is 13.1 Å². The number of hydrogen-bond acceptors (Lipinski definition) is 1. The minimum Gasteiger partial charge on any atom is -0.363 e. The monoisotopic (exact) mass is 230 g/mol. The van der Waals surface area contributed by atoms with Crippen LogP contribution in [0.15, 0.2) is 0 Å². The lowest BCUT2D eigenvalue weighted by atomic mass is 9.99. The summed E-state index contributed by atoms with van der Waals surface area (Å²) in [6.07, 6.45) is 6.29.